The Morgan fingerprint density at radius 3 is 2.62 bits per heavy atom. The van der Waals surface area contributed by atoms with Gasteiger partial charge in [0.2, 0.25) is 5.91 Å². The first-order valence-corrected chi connectivity index (χ1v) is 8.48. The molecule has 1 amide bonds. The molecular weight excluding hydrogens is 333 g/mol. The fourth-order valence-electron chi connectivity index (χ4n) is 3.38. The first kappa shape index (κ1) is 16.4. The molecule has 132 valence electrons. The van der Waals surface area contributed by atoms with Gasteiger partial charge >= 0.3 is 0 Å². The summed E-state index contributed by atoms with van der Waals surface area (Å²) in [6, 6.07) is 12.3. The highest BCUT2D eigenvalue weighted by Crippen LogP contribution is 2.32. The molecule has 1 saturated heterocycles. The topological polar surface area (TPSA) is 59.2 Å². The molecule has 2 aromatic carbocycles. The lowest BCUT2D eigenvalue weighted by molar-refractivity contribution is -0.117. The number of benzene rings is 2. The van der Waals surface area contributed by atoms with Crippen molar-refractivity contribution in [3.63, 3.8) is 0 Å². The van der Waals surface area contributed by atoms with Crippen molar-refractivity contribution in [1.29, 1.82) is 0 Å². The zero-order valence-electron chi connectivity index (χ0n) is 14.6. The number of carbonyl (C=O) groups is 1. The van der Waals surface area contributed by atoms with Gasteiger partial charge in [0, 0.05) is 24.6 Å². The number of anilines is 1. The molecule has 1 aliphatic heterocycles. The molecule has 0 radical (unpaired) electrons. The van der Waals surface area contributed by atoms with Gasteiger partial charge < -0.3 is 9.42 Å². The highest BCUT2D eigenvalue weighted by atomic mass is 19.1. The van der Waals surface area contributed by atoms with E-state index in [-0.39, 0.29) is 23.3 Å². The van der Waals surface area contributed by atoms with Crippen LogP contribution in [0.3, 0.4) is 0 Å². The zero-order chi connectivity index (χ0) is 18.3. The summed E-state index contributed by atoms with van der Waals surface area (Å²) in [5.41, 5.74) is 3.37. The molecule has 6 heteroatoms. The van der Waals surface area contributed by atoms with Crippen molar-refractivity contribution in [2.24, 2.45) is 0 Å². The average Bonchev–Trinajstić information content (AvgIpc) is 3.21. The van der Waals surface area contributed by atoms with E-state index in [1.807, 2.05) is 26.0 Å². The van der Waals surface area contributed by atoms with Gasteiger partial charge in [-0.05, 0) is 49.2 Å². The van der Waals surface area contributed by atoms with Crippen LogP contribution in [0.4, 0.5) is 10.1 Å². The standard InChI is InChI=1S/C20H18FN3O2/c1-12-7-13(2)9-15(8-12)24-11-14(10-18(24)25)19-22-20(26-23-19)16-5-3-4-6-17(16)21/h3-9,14H,10-11H2,1-2H3. The van der Waals surface area contributed by atoms with Crippen molar-refractivity contribution >= 4 is 11.6 Å². The number of amides is 1. The summed E-state index contributed by atoms with van der Waals surface area (Å²) in [4.78, 5) is 18.6. The third kappa shape index (κ3) is 2.98. The van der Waals surface area contributed by atoms with E-state index in [0.29, 0.717) is 18.8 Å². The largest absolute Gasteiger partial charge is 0.334 e. The van der Waals surface area contributed by atoms with E-state index < -0.39 is 5.82 Å². The van der Waals surface area contributed by atoms with Gasteiger partial charge in [0.25, 0.3) is 5.89 Å². The van der Waals surface area contributed by atoms with Crippen molar-refractivity contribution in [3.8, 4) is 11.5 Å². The van der Waals surface area contributed by atoms with Crippen LogP contribution in [0.25, 0.3) is 11.5 Å². The predicted molar refractivity (Wildman–Crippen MR) is 95.3 cm³/mol. The predicted octanol–water partition coefficient (Wildman–Crippen LogP) is 4.01. The van der Waals surface area contributed by atoms with Crippen LogP contribution in [-0.4, -0.2) is 22.6 Å². The Labute approximate surface area is 150 Å². The third-order valence-corrected chi connectivity index (χ3v) is 4.55. The third-order valence-electron chi connectivity index (χ3n) is 4.55. The number of aryl methyl sites for hydroxylation is 2. The summed E-state index contributed by atoms with van der Waals surface area (Å²) >= 11 is 0. The molecule has 5 nitrogen and oxygen atoms in total. The molecule has 1 fully saturated rings. The Balaban J connectivity index is 1.59. The molecule has 0 saturated carbocycles. The molecule has 0 bridgehead atoms. The molecule has 1 aromatic heterocycles. The van der Waals surface area contributed by atoms with E-state index in [1.165, 1.54) is 6.07 Å². The fourth-order valence-corrected chi connectivity index (χ4v) is 3.38. The maximum absolute atomic E-state index is 13.9. The van der Waals surface area contributed by atoms with Gasteiger partial charge in [0.15, 0.2) is 5.82 Å². The minimum Gasteiger partial charge on any atom is -0.334 e. The Bertz CT molecular complexity index is 962. The number of nitrogens with zero attached hydrogens (tertiary/aromatic N) is 3. The number of aromatic nitrogens is 2. The Kier molecular flexibility index (Phi) is 4.03. The van der Waals surface area contributed by atoms with Crippen molar-refractivity contribution in [3.05, 3.63) is 65.2 Å². The van der Waals surface area contributed by atoms with Crippen molar-refractivity contribution in [1.82, 2.24) is 10.1 Å². The zero-order valence-corrected chi connectivity index (χ0v) is 14.6. The quantitative estimate of drug-likeness (QED) is 0.715. The Morgan fingerprint density at radius 2 is 1.88 bits per heavy atom. The Morgan fingerprint density at radius 1 is 1.15 bits per heavy atom. The monoisotopic (exact) mass is 351 g/mol. The molecule has 0 N–H and O–H groups in total. The van der Waals surface area contributed by atoms with Crippen LogP contribution in [0.5, 0.6) is 0 Å². The Hall–Kier alpha value is -3.02. The molecule has 1 atom stereocenters. The smallest absolute Gasteiger partial charge is 0.260 e. The molecule has 0 spiro atoms. The van der Waals surface area contributed by atoms with Crippen LogP contribution in [0.2, 0.25) is 0 Å². The van der Waals surface area contributed by atoms with Gasteiger partial charge in [-0.3, -0.25) is 4.79 Å². The van der Waals surface area contributed by atoms with Gasteiger partial charge in [-0.15, -0.1) is 0 Å². The van der Waals surface area contributed by atoms with Gasteiger partial charge in [-0.25, -0.2) is 4.39 Å². The molecule has 0 aliphatic carbocycles. The molecular formula is C20H18FN3O2. The molecule has 4 rings (SSSR count). The van der Waals surface area contributed by atoms with Crippen LogP contribution in [-0.2, 0) is 4.79 Å². The maximum atomic E-state index is 13.9. The maximum Gasteiger partial charge on any atom is 0.260 e. The van der Waals surface area contributed by atoms with E-state index in [9.17, 15) is 9.18 Å². The minimum atomic E-state index is -0.415. The molecule has 26 heavy (non-hydrogen) atoms. The van der Waals surface area contributed by atoms with Crippen LogP contribution >= 0.6 is 0 Å². The summed E-state index contributed by atoms with van der Waals surface area (Å²) in [5.74, 6) is 0.00534. The lowest BCUT2D eigenvalue weighted by Gasteiger charge is -2.17. The normalized spacial score (nSPS) is 17.1. The highest BCUT2D eigenvalue weighted by molar-refractivity contribution is 5.96. The molecule has 1 unspecified atom stereocenters. The fraction of sp³-hybridized carbons (Fsp3) is 0.250. The second kappa shape index (κ2) is 6.37. The summed E-state index contributed by atoms with van der Waals surface area (Å²) in [5, 5.41) is 3.98. The number of hydrogen-bond donors (Lipinski definition) is 0. The van der Waals surface area contributed by atoms with Crippen LogP contribution in [0.15, 0.2) is 47.0 Å². The minimum absolute atomic E-state index is 0.0252. The highest BCUT2D eigenvalue weighted by Gasteiger charge is 2.35. The van der Waals surface area contributed by atoms with Crippen molar-refractivity contribution in [2.75, 3.05) is 11.4 Å². The summed E-state index contributed by atoms with van der Waals surface area (Å²) in [7, 11) is 0. The van der Waals surface area contributed by atoms with Crippen LogP contribution in [0.1, 0.15) is 29.3 Å². The van der Waals surface area contributed by atoms with E-state index in [0.717, 1.165) is 16.8 Å². The molecule has 3 aromatic rings. The number of hydrogen-bond acceptors (Lipinski definition) is 4. The summed E-state index contributed by atoms with van der Waals surface area (Å²) in [6.45, 7) is 4.50. The number of rotatable bonds is 3. The summed E-state index contributed by atoms with van der Waals surface area (Å²) < 4.78 is 19.1. The average molecular weight is 351 g/mol. The van der Waals surface area contributed by atoms with E-state index in [2.05, 4.69) is 16.2 Å². The van der Waals surface area contributed by atoms with Gasteiger partial charge in [0.05, 0.1) is 5.56 Å². The second-order valence-corrected chi connectivity index (χ2v) is 6.69. The first-order chi connectivity index (χ1) is 12.5. The van der Waals surface area contributed by atoms with E-state index >= 15 is 0 Å². The van der Waals surface area contributed by atoms with Crippen molar-refractivity contribution in [2.45, 2.75) is 26.2 Å². The van der Waals surface area contributed by atoms with Crippen LogP contribution in [0, 0.1) is 19.7 Å². The molecule has 2 heterocycles. The van der Waals surface area contributed by atoms with E-state index in [4.69, 9.17) is 4.52 Å². The van der Waals surface area contributed by atoms with Gasteiger partial charge in [-0.1, -0.05) is 23.4 Å². The lowest BCUT2D eigenvalue weighted by Crippen LogP contribution is -2.24. The van der Waals surface area contributed by atoms with Crippen LogP contribution < -0.4 is 4.90 Å². The lowest BCUT2D eigenvalue weighted by atomic mass is 10.1. The van der Waals surface area contributed by atoms with E-state index in [1.54, 1.807) is 23.1 Å². The number of halogens is 1. The van der Waals surface area contributed by atoms with Crippen molar-refractivity contribution < 1.29 is 13.7 Å². The SMILES string of the molecule is Cc1cc(C)cc(N2CC(c3noc(-c4ccccc4F)n3)CC2=O)c1. The second-order valence-electron chi connectivity index (χ2n) is 6.69. The summed E-state index contributed by atoms with van der Waals surface area (Å²) in [6.07, 6.45) is 0.309. The van der Waals surface area contributed by atoms with Gasteiger partial charge in [0.1, 0.15) is 5.82 Å². The van der Waals surface area contributed by atoms with Gasteiger partial charge in [-0.2, -0.15) is 4.98 Å². The number of carbonyl (C=O) groups excluding carboxylic acids is 1. The molecule has 1 aliphatic rings. The first-order valence-electron chi connectivity index (χ1n) is 8.48.